The predicted octanol–water partition coefficient (Wildman–Crippen LogP) is 1.65. The number of fused-ring (bicyclic) bond motifs is 1. The van der Waals surface area contributed by atoms with Gasteiger partial charge < -0.3 is 14.6 Å². The van der Waals surface area contributed by atoms with Crippen molar-refractivity contribution in [3.05, 3.63) is 46.1 Å². The van der Waals surface area contributed by atoms with Gasteiger partial charge in [-0.1, -0.05) is 17.3 Å². The summed E-state index contributed by atoms with van der Waals surface area (Å²) in [6, 6.07) is 7.04. The lowest BCUT2D eigenvalue weighted by atomic mass is 10.3. The Morgan fingerprint density at radius 2 is 2.08 bits per heavy atom. The Hall–Kier alpha value is -3.16. The van der Waals surface area contributed by atoms with E-state index in [0.717, 1.165) is 0 Å². The molecule has 0 radical (unpaired) electrons. The van der Waals surface area contributed by atoms with Crippen LogP contribution in [0, 0.1) is 13.8 Å². The third-order valence-corrected chi connectivity index (χ3v) is 3.64. The van der Waals surface area contributed by atoms with Gasteiger partial charge in [0.1, 0.15) is 23.5 Å². The van der Waals surface area contributed by atoms with Gasteiger partial charge in [0.25, 0.3) is 11.3 Å². The van der Waals surface area contributed by atoms with Gasteiger partial charge in [-0.05, 0) is 26.0 Å². The molecular formula is C16H16N4O4. The van der Waals surface area contributed by atoms with Crippen molar-refractivity contribution in [3.8, 4) is 5.75 Å². The van der Waals surface area contributed by atoms with Gasteiger partial charge in [-0.2, -0.15) is 4.98 Å². The maximum atomic E-state index is 12.6. The largest absolute Gasteiger partial charge is 0.495 e. The zero-order chi connectivity index (χ0) is 17.3. The molecule has 124 valence electrons. The molecule has 1 N–H and O–H groups in total. The minimum atomic E-state index is -0.361. The monoisotopic (exact) mass is 328 g/mol. The minimum absolute atomic E-state index is 0.170. The van der Waals surface area contributed by atoms with Gasteiger partial charge in [0.2, 0.25) is 5.91 Å². The number of ether oxygens (including phenoxy) is 1. The fourth-order valence-corrected chi connectivity index (χ4v) is 2.44. The molecular weight excluding hydrogens is 312 g/mol. The Morgan fingerprint density at radius 3 is 2.83 bits per heavy atom. The van der Waals surface area contributed by atoms with Crippen molar-refractivity contribution in [1.82, 2.24) is 14.7 Å². The number of aryl methyl sites for hydroxylation is 2. The van der Waals surface area contributed by atoms with E-state index in [1.807, 2.05) is 0 Å². The molecule has 1 aromatic carbocycles. The van der Waals surface area contributed by atoms with Crippen LogP contribution >= 0.6 is 0 Å². The number of nitrogens with zero attached hydrogens (tertiary/aromatic N) is 3. The van der Waals surface area contributed by atoms with Crippen molar-refractivity contribution < 1.29 is 14.1 Å². The van der Waals surface area contributed by atoms with E-state index in [4.69, 9.17) is 9.26 Å². The van der Waals surface area contributed by atoms with E-state index in [-0.39, 0.29) is 29.1 Å². The highest BCUT2D eigenvalue weighted by atomic mass is 16.5. The van der Waals surface area contributed by atoms with E-state index in [1.165, 1.54) is 11.7 Å². The molecule has 0 unspecified atom stereocenters. The summed E-state index contributed by atoms with van der Waals surface area (Å²) in [7, 11) is 1.52. The number of carbonyl (C=O) groups excluding carboxylic acids is 1. The van der Waals surface area contributed by atoms with Gasteiger partial charge in [-0.3, -0.25) is 14.2 Å². The molecule has 0 saturated carbocycles. The molecule has 8 heteroatoms. The molecule has 2 heterocycles. The Morgan fingerprint density at radius 1 is 1.33 bits per heavy atom. The number of amides is 1. The van der Waals surface area contributed by atoms with Gasteiger partial charge >= 0.3 is 0 Å². The van der Waals surface area contributed by atoms with Crippen molar-refractivity contribution in [2.24, 2.45) is 0 Å². The predicted molar refractivity (Wildman–Crippen MR) is 87.2 cm³/mol. The molecule has 8 nitrogen and oxygen atoms in total. The molecule has 0 aliphatic rings. The number of hydrogen-bond acceptors (Lipinski definition) is 6. The SMILES string of the molecule is COc1ccccc1NC(=O)Cn1c(C)nc2onc(C)c2c1=O. The lowest BCUT2D eigenvalue weighted by Gasteiger charge is -2.12. The van der Waals surface area contributed by atoms with Crippen molar-refractivity contribution >= 4 is 22.7 Å². The molecule has 3 aromatic rings. The van der Waals surface area contributed by atoms with Crippen LogP contribution < -0.4 is 15.6 Å². The number of anilines is 1. The first-order chi connectivity index (χ1) is 11.5. The second-order valence-electron chi connectivity index (χ2n) is 5.25. The summed E-state index contributed by atoms with van der Waals surface area (Å²) in [6.07, 6.45) is 0. The number of hydrogen-bond donors (Lipinski definition) is 1. The number of benzene rings is 1. The van der Waals surface area contributed by atoms with Crippen LogP contribution in [-0.4, -0.2) is 27.7 Å². The molecule has 0 bridgehead atoms. The van der Waals surface area contributed by atoms with Crippen molar-refractivity contribution in [2.75, 3.05) is 12.4 Å². The van der Waals surface area contributed by atoms with E-state index >= 15 is 0 Å². The molecule has 3 rings (SSSR count). The quantitative estimate of drug-likeness (QED) is 0.782. The number of methoxy groups -OCH3 is 1. The molecule has 2 aromatic heterocycles. The molecule has 0 aliphatic carbocycles. The maximum Gasteiger partial charge on any atom is 0.267 e. The van der Waals surface area contributed by atoms with E-state index in [0.29, 0.717) is 23.0 Å². The van der Waals surface area contributed by atoms with E-state index in [2.05, 4.69) is 15.5 Å². The lowest BCUT2D eigenvalue weighted by Crippen LogP contribution is -2.30. The van der Waals surface area contributed by atoms with Crippen LogP contribution in [0.2, 0.25) is 0 Å². The molecule has 0 saturated heterocycles. The highest BCUT2D eigenvalue weighted by Gasteiger charge is 2.17. The summed E-state index contributed by atoms with van der Waals surface area (Å²) in [5, 5.41) is 6.75. The van der Waals surface area contributed by atoms with Gasteiger partial charge in [-0.25, -0.2) is 0 Å². The summed E-state index contributed by atoms with van der Waals surface area (Å²) in [5.74, 6) is 0.553. The van der Waals surface area contributed by atoms with E-state index in [1.54, 1.807) is 38.1 Å². The Labute approximate surface area is 137 Å². The second kappa shape index (κ2) is 6.15. The average molecular weight is 328 g/mol. The van der Waals surface area contributed by atoms with Crippen LogP contribution in [0.4, 0.5) is 5.69 Å². The molecule has 24 heavy (non-hydrogen) atoms. The zero-order valence-corrected chi connectivity index (χ0v) is 13.5. The van der Waals surface area contributed by atoms with E-state index < -0.39 is 0 Å². The highest BCUT2D eigenvalue weighted by molar-refractivity contribution is 5.92. The van der Waals surface area contributed by atoms with Crippen LogP contribution in [0.3, 0.4) is 0 Å². The lowest BCUT2D eigenvalue weighted by molar-refractivity contribution is -0.116. The zero-order valence-electron chi connectivity index (χ0n) is 13.5. The summed E-state index contributed by atoms with van der Waals surface area (Å²) >= 11 is 0. The van der Waals surface area contributed by atoms with Gasteiger partial charge in [0, 0.05) is 0 Å². The molecule has 0 fully saturated rings. The summed E-state index contributed by atoms with van der Waals surface area (Å²) in [5.41, 5.74) is 0.801. The Bertz CT molecular complexity index is 974. The number of carbonyl (C=O) groups is 1. The first kappa shape index (κ1) is 15.7. The first-order valence-electron chi connectivity index (χ1n) is 7.27. The third-order valence-electron chi connectivity index (χ3n) is 3.64. The number of para-hydroxylation sites is 2. The topological polar surface area (TPSA) is 99.2 Å². The normalized spacial score (nSPS) is 10.8. The number of nitrogens with one attached hydrogen (secondary N) is 1. The summed E-state index contributed by atoms with van der Waals surface area (Å²) < 4.78 is 11.5. The minimum Gasteiger partial charge on any atom is -0.495 e. The fourth-order valence-electron chi connectivity index (χ4n) is 2.44. The van der Waals surface area contributed by atoms with Crippen LogP contribution in [0.5, 0.6) is 5.75 Å². The van der Waals surface area contributed by atoms with Crippen molar-refractivity contribution in [2.45, 2.75) is 20.4 Å². The maximum absolute atomic E-state index is 12.6. The first-order valence-corrected chi connectivity index (χ1v) is 7.27. The molecule has 0 spiro atoms. The standard InChI is InChI=1S/C16H16N4O4/c1-9-14-15(24-19-9)17-10(2)20(16(14)22)8-13(21)18-11-6-4-5-7-12(11)23-3/h4-7H,8H2,1-3H3,(H,18,21). The Kier molecular flexibility index (Phi) is 4.03. The average Bonchev–Trinajstić information content (AvgIpc) is 2.92. The highest BCUT2D eigenvalue weighted by Crippen LogP contribution is 2.23. The van der Waals surface area contributed by atoms with Crippen molar-refractivity contribution in [3.63, 3.8) is 0 Å². The number of aromatic nitrogens is 3. The van der Waals surface area contributed by atoms with Crippen LogP contribution in [0.25, 0.3) is 11.1 Å². The van der Waals surface area contributed by atoms with Gasteiger partial charge in [0.15, 0.2) is 0 Å². The second-order valence-corrected chi connectivity index (χ2v) is 5.25. The molecule has 0 atom stereocenters. The summed E-state index contributed by atoms with van der Waals surface area (Å²) in [4.78, 5) is 29.1. The van der Waals surface area contributed by atoms with Gasteiger partial charge in [0.05, 0.1) is 18.5 Å². The molecule has 1 amide bonds. The third kappa shape index (κ3) is 2.73. The van der Waals surface area contributed by atoms with Gasteiger partial charge in [-0.15, -0.1) is 0 Å². The van der Waals surface area contributed by atoms with Crippen LogP contribution in [0.1, 0.15) is 11.5 Å². The van der Waals surface area contributed by atoms with Crippen LogP contribution in [0.15, 0.2) is 33.6 Å². The van der Waals surface area contributed by atoms with Crippen molar-refractivity contribution in [1.29, 1.82) is 0 Å². The smallest absolute Gasteiger partial charge is 0.267 e. The van der Waals surface area contributed by atoms with Crippen LogP contribution in [-0.2, 0) is 11.3 Å². The number of rotatable bonds is 4. The molecule has 0 aliphatic heterocycles. The summed E-state index contributed by atoms with van der Waals surface area (Å²) in [6.45, 7) is 3.12. The Balaban J connectivity index is 1.91. The fraction of sp³-hybridized carbons (Fsp3) is 0.250. The van der Waals surface area contributed by atoms with E-state index in [9.17, 15) is 9.59 Å².